The zero-order valence-electron chi connectivity index (χ0n) is 24.0. The summed E-state index contributed by atoms with van der Waals surface area (Å²) in [7, 11) is 3.34. The Morgan fingerprint density at radius 3 is 2.48 bits per heavy atom. The first-order valence-electron chi connectivity index (χ1n) is 13.9. The summed E-state index contributed by atoms with van der Waals surface area (Å²) >= 11 is 0. The molecule has 0 saturated heterocycles. The van der Waals surface area contributed by atoms with Gasteiger partial charge in [-0.1, -0.05) is 49.1 Å². The molecule has 2 heterocycles. The molecule has 2 aromatic carbocycles. The third-order valence-electron chi connectivity index (χ3n) is 7.46. The first-order valence-corrected chi connectivity index (χ1v) is 13.9. The number of rotatable bonds is 12. The van der Waals surface area contributed by atoms with E-state index in [4.69, 9.17) is 9.47 Å². The van der Waals surface area contributed by atoms with Crippen LogP contribution in [0.1, 0.15) is 52.6 Å². The highest BCUT2D eigenvalue weighted by Crippen LogP contribution is 2.41. The Kier molecular flexibility index (Phi) is 9.97. The monoisotopic (exact) mass is 540 g/mol. The van der Waals surface area contributed by atoms with E-state index < -0.39 is 0 Å². The van der Waals surface area contributed by atoms with Crippen LogP contribution in [0.15, 0.2) is 85.9 Å². The van der Waals surface area contributed by atoms with Crippen LogP contribution in [0, 0.1) is 0 Å². The first-order chi connectivity index (χ1) is 19.5. The number of imidazole rings is 1. The van der Waals surface area contributed by atoms with Crippen molar-refractivity contribution in [3.63, 3.8) is 0 Å². The van der Waals surface area contributed by atoms with Gasteiger partial charge >= 0.3 is 0 Å². The van der Waals surface area contributed by atoms with E-state index in [0.717, 1.165) is 43.1 Å². The maximum Gasteiger partial charge on any atom is 0.253 e. The molecule has 4 rings (SSSR count). The van der Waals surface area contributed by atoms with E-state index in [1.807, 2.05) is 61.6 Å². The summed E-state index contributed by atoms with van der Waals surface area (Å²) in [4.78, 5) is 21.7. The van der Waals surface area contributed by atoms with Crippen LogP contribution < -0.4 is 9.47 Å². The molecule has 0 aliphatic carbocycles. The zero-order chi connectivity index (χ0) is 28.5. The molecule has 3 aromatic rings. The van der Waals surface area contributed by atoms with Crippen LogP contribution >= 0.6 is 0 Å². The topological polar surface area (TPSA) is 59.8 Å². The molecule has 40 heavy (non-hydrogen) atoms. The van der Waals surface area contributed by atoms with Crippen LogP contribution in [0.3, 0.4) is 0 Å². The molecule has 0 radical (unpaired) electrons. The van der Waals surface area contributed by atoms with Gasteiger partial charge in [0.1, 0.15) is 0 Å². The van der Waals surface area contributed by atoms with E-state index >= 15 is 0 Å². The number of amides is 1. The number of ether oxygens (including phenoxy) is 2. The van der Waals surface area contributed by atoms with Gasteiger partial charge in [-0.25, -0.2) is 4.98 Å². The predicted molar refractivity (Wildman–Crippen MR) is 160 cm³/mol. The summed E-state index contributed by atoms with van der Waals surface area (Å²) in [5, 5.41) is 0. The molecule has 1 aliphatic rings. The van der Waals surface area contributed by atoms with Gasteiger partial charge < -0.3 is 18.9 Å². The van der Waals surface area contributed by atoms with Crippen molar-refractivity contribution in [2.75, 3.05) is 33.9 Å². The molecule has 1 unspecified atom stereocenters. The number of carbonyl (C=O) groups is 1. The van der Waals surface area contributed by atoms with E-state index in [0.29, 0.717) is 24.4 Å². The molecule has 0 spiro atoms. The van der Waals surface area contributed by atoms with Crippen LogP contribution in [0.25, 0.3) is 0 Å². The third-order valence-corrected chi connectivity index (χ3v) is 7.46. The number of hydrogen-bond donors (Lipinski definition) is 0. The number of carbonyl (C=O) groups excluding carboxylic acids is 1. The Morgan fingerprint density at radius 1 is 1.07 bits per heavy atom. The molecule has 0 fully saturated rings. The number of methoxy groups -OCH3 is 2. The number of hydrogen-bond acceptors (Lipinski definition) is 5. The molecule has 1 aromatic heterocycles. The predicted octanol–water partition coefficient (Wildman–Crippen LogP) is 5.83. The minimum atomic E-state index is -0.0180. The van der Waals surface area contributed by atoms with Crippen molar-refractivity contribution >= 4 is 5.91 Å². The molecule has 1 aliphatic heterocycles. The normalized spacial score (nSPS) is 15.3. The lowest BCUT2D eigenvalue weighted by Gasteiger charge is -2.38. The average Bonchev–Trinajstić information content (AvgIpc) is 3.43. The first kappa shape index (κ1) is 28.9. The van der Waals surface area contributed by atoms with Gasteiger partial charge in [-0.05, 0) is 61.2 Å². The number of nitrogens with zero attached hydrogens (tertiary/aromatic N) is 4. The van der Waals surface area contributed by atoms with Gasteiger partial charge in [0.05, 0.1) is 32.3 Å². The zero-order valence-corrected chi connectivity index (χ0v) is 24.0. The van der Waals surface area contributed by atoms with Gasteiger partial charge in [-0.3, -0.25) is 9.69 Å². The Bertz CT molecular complexity index is 1350. The van der Waals surface area contributed by atoms with Crippen molar-refractivity contribution in [1.29, 1.82) is 0 Å². The Labute approximate surface area is 238 Å². The van der Waals surface area contributed by atoms with Crippen LogP contribution in [0.2, 0.25) is 0 Å². The highest BCUT2D eigenvalue weighted by Gasteiger charge is 2.31. The second-order valence-electron chi connectivity index (χ2n) is 9.71. The molecular formula is C33H40N4O3. The van der Waals surface area contributed by atoms with Crippen molar-refractivity contribution in [2.45, 2.75) is 39.4 Å². The Hall–Kier alpha value is -4.10. The molecule has 0 saturated carbocycles. The summed E-state index contributed by atoms with van der Waals surface area (Å²) in [6.07, 6.45) is 14.5. The van der Waals surface area contributed by atoms with Gasteiger partial charge in [-0.2, -0.15) is 0 Å². The van der Waals surface area contributed by atoms with E-state index in [1.54, 1.807) is 20.3 Å². The smallest absolute Gasteiger partial charge is 0.253 e. The van der Waals surface area contributed by atoms with Gasteiger partial charge in [0.15, 0.2) is 11.5 Å². The van der Waals surface area contributed by atoms with E-state index in [1.165, 1.54) is 11.1 Å². The number of allylic oxidation sites excluding steroid dienone is 5. The minimum Gasteiger partial charge on any atom is -0.493 e. The molecule has 0 bridgehead atoms. The summed E-state index contributed by atoms with van der Waals surface area (Å²) in [6, 6.07) is 12.3. The second kappa shape index (κ2) is 13.8. The summed E-state index contributed by atoms with van der Waals surface area (Å²) in [5.41, 5.74) is 5.40. The largest absolute Gasteiger partial charge is 0.493 e. The van der Waals surface area contributed by atoms with Crippen molar-refractivity contribution in [3.8, 4) is 11.5 Å². The van der Waals surface area contributed by atoms with Crippen molar-refractivity contribution in [3.05, 3.63) is 114 Å². The number of fused-ring (bicyclic) bond motifs is 1. The molecule has 210 valence electrons. The Balaban J connectivity index is 1.69. The fourth-order valence-electron chi connectivity index (χ4n) is 5.31. The quantitative estimate of drug-likeness (QED) is 0.271. The maximum absolute atomic E-state index is 13.0. The standard InChI is InChI=1S/C33H40N4O3/c1-6-9-10-11-12-18-37-24-34-22-28(37)23-36-19-17-27-20-30(39-4)31(40-5)21-29(27)32(36)25-13-15-26(16-14-25)33(38)35(7-2)8-3/h6,9-16,20-22,24,32H,1,7-8,17-19,23H2,2-5H3/b10-9-,12-11+. The van der Waals surface area contributed by atoms with Crippen LogP contribution in [-0.4, -0.2) is 59.1 Å². The summed E-state index contributed by atoms with van der Waals surface area (Å²) in [6.45, 7) is 11.4. The SMILES string of the molecule is C=C/C=C\C=C\Cn1cncc1CN1CCc2cc(OC)c(OC)cc2C1c1ccc(C(=O)N(CC)CC)cc1. The molecule has 0 N–H and O–H groups in total. The van der Waals surface area contributed by atoms with Gasteiger partial charge in [0, 0.05) is 44.5 Å². The van der Waals surface area contributed by atoms with Crippen molar-refractivity contribution in [2.24, 2.45) is 0 Å². The van der Waals surface area contributed by atoms with E-state index in [2.05, 4.69) is 51.4 Å². The molecule has 1 amide bonds. The van der Waals surface area contributed by atoms with E-state index in [-0.39, 0.29) is 11.9 Å². The van der Waals surface area contributed by atoms with Crippen LogP contribution in [0.5, 0.6) is 11.5 Å². The fraction of sp³-hybridized carbons (Fsp3) is 0.333. The van der Waals surface area contributed by atoms with Gasteiger partial charge in [0.25, 0.3) is 5.91 Å². The minimum absolute atomic E-state index is 0.0180. The Morgan fingerprint density at radius 2 is 1.80 bits per heavy atom. The third kappa shape index (κ3) is 6.37. The second-order valence-corrected chi connectivity index (χ2v) is 9.71. The fourth-order valence-corrected chi connectivity index (χ4v) is 5.31. The van der Waals surface area contributed by atoms with E-state index in [9.17, 15) is 4.79 Å². The molecule has 7 heteroatoms. The highest BCUT2D eigenvalue weighted by molar-refractivity contribution is 5.94. The maximum atomic E-state index is 13.0. The van der Waals surface area contributed by atoms with Crippen LogP contribution in [0.4, 0.5) is 0 Å². The number of benzene rings is 2. The van der Waals surface area contributed by atoms with Crippen LogP contribution in [-0.2, 0) is 19.5 Å². The number of aromatic nitrogens is 2. The molecule has 7 nitrogen and oxygen atoms in total. The molecular weight excluding hydrogens is 500 g/mol. The van der Waals surface area contributed by atoms with Crippen molar-refractivity contribution in [1.82, 2.24) is 19.4 Å². The highest BCUT2D eigenvalue weighted by atomic mass is 16.5. The lowest BCUT2D eigenvalue weighted by Crippen LogP contribution is -2.36. The average molecular weight is 541 g/mol. The summed E-state index contributed by atoms with van der Waals surface area (Å²) in [5.74, 6) is 1.51. The van der Waals surface area contributed by atoms with Crippen molar-refractivity contribution < 1.29 is 14.3 Å². The lowest BCUT2D eigenvalue weighted by molar-refractivity contribution is 0.0773. The molecule has 1 atom stereocenters. The van der Waals surface area contributed by atoms with Gasteiger partial charge in [0.2, 0.25) is 0 Å². The van der Waals surface area contributed by atoms with Gasteiger partial charge in [-0.15, -0.1) is 0 Å². The lowest BCUT2D eigenvalue weighted by atomic mass is 9.87. The summed E-state index contributed by atoms with van der Waals surface area (Å²) < 4.78 is 13.5.